The molecule has 2 aromatic carbocycles. The first-order valence-electron chi connectivity index (χ1n) is 7.32. The number of rotatable bonds is 4. The Morgan fingerprint density at radius 1 is 1.05 bits per heavy atom. The largest absolute Gasteiger partial charge is 0.387 e. The Morgan fingerprint density at radius 3 is 2.32 bits per heavy atom. The topological polar surface area (TPSA) is 61.4 Å². The number of nitrogens with one attached hydrogen (secondary N) is 2. The van der Waals surface area contributed by atoms with Gasteiger partial charge in [0.2, 0.25) is 0 Å². The van der Waals surface area contributed by atoms with Crippen molar-refractivity contribution < 1.29 is 9.90 Å². The molecule has 0 aromatic heterocycles. The molecule has 4 nitrogen and oxygen atoms in total. The van der Waals surface area contributed by atoms with Crippen molar-refractivity contribution in [2.75, 3.05) is 11.9 Å². The molecule has 2 rings (SSSR count). The minimum Gasteiger partial charge on any atom is -0.387 e. The van der Waals surface area contributed by atoms with E-state index in [9.17, 15) is 9.90 Å². The SMILES string of the molecule is Cc1ccc([C@@H](O)CNC(=O)Nc2ccc(C)cc2C)cc1. The van der Waals surface area contributed by atoms with Crippen molar-refractivity contribution in [1.29, 1.82) is 0 Å². The first-order valence-corrected chi connectivity index (χ1v) is 7.32. The second-order valence-electron chi connectivity index (χ2n) is 5.58. The molecule has 0 unspecified atom stereocenters. The molecule has 0 spiro atoms. The Morgan fingerprint density at radius 2 is 1.68 bits per heavy atom. The first-order chi connectivity index (χ1) is 10.5. The zero-order valence-corrected chi connectivity index (χ0v) is 13.2. The van der Waals surface area contributed by atoms with Crippen LogP contribution in [-0.4, -0.2) is 17.7 Å². The number of amides is 2. The van der Waals surface area contributed by atoms with Crippen LogP contribution < -0.4 is 10.6 Å². The van der Waals surface area contributed by atoms with Crippen LogP contribution in [0.15, 0.2) is 42.5 Å². The van der Waals surface area contributed by atoms with E-state index < -0.39 is 6.10 Å². The fourth-order valence-electron chi connectivity index (χ4n) is 2.22. The van der Waals surface area contributed by atoms with Gasteiger partial charge in [-0.25, -0.2) is 4.79 Å². The van der Waals surface area contributed by atoms with E-state index in [1.807, 2.05) is 63.2 Å². The number of aryl methyl sites for hydroxylation is 3. The molecule has 0 aliphatic rings. The van der Waals surface area contributed by atoms with Crippen LogP contribution in [0, 0.1) is 20.8 Å². The quantitative estimate of drug-likeness (QED) is 0.809. The number of anilines is 1. The molecule has 4 heteroatoms. The van der Waals surface area contributed by atoms with E-state index >= 15 is 0 Å². The minimum absolute atomic E-state index is 0.166. The third-order valence-electron chi connectivity index (χ3n) is 3.55. The van der Waals surface area contributed by atoms with E-state index in [0.29, 0.717) is 0 Å². The standard InChI is InChI=1S/C18H22N2O2/c1-12-4-7-15(8-5-12)17(21)11-19-18(22)20-16-9-6-13(2)10-14(16)3/h4-10,17,21H,11H2,1-3H3,(H2,19,20,22)/t17-/m0/s1. The Kier molecular flexibility index (Phi) is 5.17. The van der Waals surface area contributed by atoms with Gasteiger partial charge in [-0.15, -0.1) is 0 Å². The van der Waals surface area contributed by atoms with E-state index in [0.717, 1.165) is 27.9 Å². The van der Waals surface area contributed by atoms with Crippen LogP contribution in [0.2, 0.25) is 0 Å². The van der Waals surface area contributed by atoms with Crippen molar-refractivity contribution in [2.45, 2.75) is 26.9 Å². The summed E-state index contributed by atoms with van der Waals surface area (Å²) < 4.78 is 0. The number of carbonyl (C=O) groups excluding carboxylic acids is 1. The number of carbonyl (C=O) groups is 1. The lowest BCUT2D eigenvalue weighted by atomic mass is 10.1. The lowest BCUT2D eigenvalue weighted by molar-refractivity contribution is 0.175. The highest BCUT2D eigenvalue weighted by atomic mass is 16.3. The molecular formula is C18H22N2O2. The maximum Gasteiger partial charge on any atom is 0.319 e. The van der Waals surface area contributed by atoms with Crippen LogP contribution in [0.1, 0.15) is 28.4 Å². The summed E-state index contributed by atoms with van der Waals surface area (Å²) in [7, 11) is 0. The second-order valence-corrected chi connectivity index (χ2v) is 5.58. The molecule has 1 atom stereocenters. The van der Waals surface area contributed by atoms with Crippen LogP contribution in [0.3, 0.4) is 0 Å². The smallest absolute Gasteiger partial charge is 0.319 e. The van der Waals surface area contributed by atoms with Crippen LogP contribution in [-0.2, 0) is 0 Å². The van der Waals surface area contributed by atoms with Gasteiger partial charge in [-0.3, -0.25) is 0 Å². The highest BCUT2D eigenvalue weighted by Crippen LogP contribution is 2.16. The average Bonchev–Trinajstić information content (AvgIpc) is 2.48. The molecule has 0 heterocycles. The van der Waals surface area contributed by atoms with Gasteiger partial charge in [0.25, 0.3) is 0 Å². The Hall–Kier alpha value is -2.33. The number of aliphatic hydroxyl groups excluding tert-OH is 1. The van der Waals surface area contributed by atoms with Crippen molar-refractivity contribution in [3.05, 3.63) is 64.7 Å². The Balaban J connectivity index is 1.88. The minimum atomic E-state index is -0.717. The lowest BCUT2D eigenvalue weighted by Gasteiger charge is -2.14. The fourth-order valence-corrected chi connectivity index (χ4v) is 2.22. The summed E-state index contributed by atoms with van der Waals surface area (Å²) in [6.07, 6.45) is -0.717. The van der Waals surface area contributed by atoms with Crippen LogP contribution in [0.5, 0.6) is 0 Å². The first kappa shape index (κ1) is 16.0. The molecule has 0 saturated carbocycles. The van der Waals surface area contributed by atoms with Crippen molar-refractivity contribution in [2.24, 2.45) is 0 Å². The molecule has 2 amide bonds. The highest BCUT2D eigenvalue weighted by Gasteiger charge is 2.10. The van der Waals surface area contributed by atoms with Crippen molar-refractivity contribution >= 4 is 11.7 Å². The molecule has 0 radical (unpaired) electrons. The summed E-state index contributed by atoms with van der Waals surface area (Å²) in [5.41, 5.74) is 4.86. The molecule has 0 bridgehead atoms. The van der Waals surface area contributed by atoms with Gasteiger partial charge in [-0.2, -0.15) is 0 Å². The second kappa shape index (κ2) is 7.09. The zero-order chi connectivity index (χ0) is 16.1. The molecular weight excluding hydrogens is 276 g/mol. The van der Waals surface area contributed by atoms with Crippen LogP contribution in [0.25, 0.3) is 0 Å². The summed E-state index contributed by atoms with van der Waals surface area (Å²) in [5, 5.41) is 15.6. The van der Waals surface area contributed by atoms with Gasteiger partial charge in [-0.05, 0) is 38.0 Å². The number of hydrogen-bond donors (Lipinski definition) is 3. The summed E-state index contributed by atoms with van der Waals surface area (Å²) in [6, 6.07) is 13.1. The van der Waals surface area contributed by atoms with E-state index in [1.54, 1.807) is 0 Å². The maximum absolute atomic E-state index is 11.9. The van der Waals surface area contributed by atoms with Gasteiger partial charge < -0.3 is 15.7 Å². The van der Waals surface area contributed by atoms with Gasteiger partial charge >= 0.3 is 6.03 Å². The van der Waals surface area contributed by atoms with Gasteiger partial charge in [0.15, 0.2) is 0 Å². The van der Waals surface area contributed by atoms with E-state index in [-0.39, 0.29) is 12.6 Å². The van der Waals surface area contributed by atoms with Crippen molar-refractivity contribution in [1.82, 2.24) is 5.32 Å². The predicted molar refractivity (Wildman–Crippen MR) is 89.1 cm³/mol. The number of urea groups is 1. The van der Waals surface area contributed by atoms with Crippen molar-refractivity contribution in [3.63, 3.8) is 0 Å². The van der Waals surface area contributed by atoms with E-state index in [2.05, 4.69) is 10.6 Å². The third-order valence-corrected chi connectivity index (χ3v) is 3.55. The molecule has 0 aliphatic heterocycles. The summed E-state index contributed by atoms with van der Waals surface area (Å²) in [4.78, 5) is 11.9. The molecule has 0 saturated heterocycles. The van der Waals surface area contributed by atoms with Gasteiger partial charge in [0.05, 0.1) is 6.10 Å². The van der Waals surface area contributed by atoms with E-state index in [4.69, 9.17) is 0 Å². The summed E-state index contributed by atoms with van der Waals surface area (Å²) in [6.45, 7) is 6.12. The number of benzene rings is 2. The van der Waals surface area contributed by atoms with Gasteiger partial charge in [-0.1, -0.05) is 47.5 Å². The highest BCUT2D eigenvalue weighted by molar-refractivity contribution is 5.90. The van der Waals surface area contributed by atoms with Crippen molar-refractivity contribution in [3.8, 4) is 0 Å². The maximum atomic E-state index is 11.9. The molecule has 22 heavy (non-hydrogen) atoms. The van der Waals surface area contributed by atoms with Crippen LogP contribution >= 0.6 is 0 Å². The predicted octanol–water partition coefficient (Wildman–Crippen LogP) is 3.47. The average molecular weight is 298 g/mol. The molecule has 0 aliphatic carbocycles. The molecule has 3 N–H and O–H groups in total. The van der Waals surface area contributed by atoms with Gasteiger partial charge in [0.1, 0.15) is 0 Å². The molecule has 2 aromatic rings. The fraction of sp³-hybridized carbons (Fsp3) is 0.278. The number of hydrogen-bond acceptors (Lipinski definition) is 2. The van der Waals surface area contributed by atoms with E-state index in [1.165, 1.54) is 0 Å². The third kappa shape index (κ3) is 4.33. The zero-order valence-electron chi connectivity index (χ0n) is 13.2. The molecule has 0 fully saturated rings. The summed E-state index contributed by atoms with van der Waals surface area (Å²) in [5.74, 6) is 0. The van der Waals surface area contributed by atoms with Gasteiger partial charge in [0, 0.05) is 12.2 Å². The number of aliphatic hydroxyl groups is 1. The lowest BCUT2D eigenvalue weighted by Crippen LogP contribution is -2.32. The molecule has 116 valence electrons. The monoisotopic (exact) mass is 298 g/mol. The Labute approximate surface area is 131 Å². The summed E-state index contributed by atoms with van der Waals surface area (Å²) >= 11 is 0. The van der Waals surface area contributed by atoms with Crippen LogP contribution in [0.4, 0.5) is 10.5 Å². The Bertz CT molecular complexity index is 651. The normalized spacial score (nSPS) is 11.8.